The Hall–Kier alpha value is -1.38. The lowest BCUT2D eigenvalue weighted by molar-refractivity contribution is -0.128. The van der Waals surface area contributed by atoms with Crippen molar-refractivity contribution in [2.45, 2.75) is 27.3 Å². The van der Waals surface area contributed by atoms with Crippen LogP contribution in [0.3, 0.4) is 0 Å². The maximum absolute atomic E-state index is 11.8. The monoisotopic (exact) mass is 419 g/mol. The van der Waals surface area contributed by atoms with Crippen molar-refractivity contribution in [2.24, 2.45) is 10.4 Å². The first-order valence-electron chi connectivity index (χ1n) is 7.14. The molecule has 1 rings (SSSR count). The molecule has 0 aliphatic carbocycles. The molecule has 0 unspecified atom stereocenters. The Labute approximate surface area is 149 Å². The van der Waals surface area contributed by atoms with Crippen molar-refractivity contribution in [2.75, 3.05) is 20.1 Å². The Kier molecular flexibility index (Phi) is 9.71. The molecule has 0 atom stereocenters. The van der Waals surface area contributed by atoms with Crippen molar-refractivity contribution in [3.63, 3.8) is 0 Å². The number of carbonyl (C=O) groups is 1. The predicted octanol–water partition coefficient (Wildman–Crippen LogP) is 1.53. The van der Waals surface area contributed by atoms with Crippen molar-refractivity contribution in [3.05, 3.63) is 30.1 Å². The van der Waals surface area contributed by atoms with Crippen LogP contribution < -0.4 is 16.0 Å². The first kappa shape index (κ1) is 20.6. The number of halogens is 1. The molecule has 0 aromatic carbocycles. The zero-order chi connectivity index (χ0) is 15.7. The van der Waals surface area contributed by atoms with Crippen molar-refractivity contribution in [1.29, 1.82) is 0 Å². The molecule has 0 spiro atoms. The second kappa shape index (κ2) is 10.4. The van der Waals surface area contributed by atoms with Gasteiger partial charge >= 0.3 is 0 Å². The number of carbonyl (C=O) groups excluding carboxylic acids is 1. The fourth-order valence-corrected chi connectivity index (χ4v) is 1.72. The van der Waals surface area contributed by atoms with Gasteiger partial charge in [0.15, 0.2) is 5.96 Å². The summed E-state index contributed by atoms with van der Waals surface area (Å²) >= 11 is 0. The minimum atomic E-state index is -0.504. The summed E-state index contributed by atoms with van der Waals surface area (Å²) in [6.45, 7) is 7.54. The average Bonchev–Trinajstić information content (AvgIpc) is 2.50. The molecule has 0 saturated heterocycles. The topological polar surface area (TPSA) is 78.4 Å². The van der Waals surface area contributed by atoms with E-state index in [1.165, 1.54) is 0 Å². The van der Waals surface area contributed by atoms with E-state index in [-0.39, 0.29) is 29.9 Å². The van der Waals surface area contributed by atoms with Crippen molar-refractivity contribution < 1.29 is 4.79 Å². The molecule has 0 aliphatic heterocycles. The lowest BCUT2D eigenvalue weighted by Gasteiger charge is -2.24. The van der Waals surface area contributed by atoms with Gasteiger partial charge in [-0.05, 0) is 32.9 Å². The number of pyridine rings is 1. The Morgan fingerprint density at radius 1 is 1.32 bits per heavy atom. The number of rotatable bonds is 6. The van der Waals surface area contributed by atoms with E-state index < -0.39 is 5.41 Å². The molecular weight excluding hydrogens is 393 g/mol. The second-order valence-corrected chi connectivity index (χ2v) is 5.33. The van der Waals surface area contributed by atoms with Crippen LogP contribution in [-0.4, -0.2) is 37.0 Å². The van der Waals surface area contributed by atoms with E-state index in [9.17, 15) is 4.79 Å². The van der Waals surface area contributed by atoms with Crippen LogP contribution in [0.25, 0.3) is 0 Å². The van der Waals surface area contributed by atoms with Crippen LogP contribution in [0.15, 0.2) is 29.4 Å². The Bertz CT molecular complexity index is 476. The number of amides is 1. The smallest absolute Gasteiger partial charge is 0.227 e. The molecule has 22 heavy (non-hydrogen) atoms. The molecule has 0 bridgehead atoms. The molecule has 3 N–H and O–H groups in total. The Morgan fingerprint density at radius 2 is 2.05 bits per heavy atom. The Morgan fingerprint density at radius 3 is 2.59 bits per heavy atom. The molecule has 1 aromatic heterocycles. The van der Waals surface area contributed by atoms with E-state index in [4.69, 9.17) is 0 Å². The highest BCUT2D eigenvalue weighted by atomic mass is 127. The minimum Gasteiger partial charge on any atom is -0.359 e. The first-order valence-corrected chi connectivity index (χ1v) is 7.14. The van der Waals surface area contributed by atoms with Crippen LogP contribution >= 0.6 is 24.0 Å². The molecule has 6 nitrogen and oxygen atoms in total. The van der Waals surface area contributed by atoms with E-state index in [1.807, 2.05) is 39.0 Å². The normalized spacial score (nSPS) is 11.4. The van der Waals surface area contributed by atoms with Gasteiger partial charge in [0.05, 0.1) is 17.7 Å². The molecule has 1 aromatic rings. The van der Waals surface area contributed by atoms with Gasteiger partial charge in [0.2, 0.25) is 5.91 Å². The summed E-state index contributed by atoms with van der Waals surface area (Å²) in [5.74, 6) is 0.677. The summed E-state index contributed by atoms with van der Waals surface area (Å²) < 4.78 is 0. The van der Waals surface area contributed by atoms with Crippen LogP contribution in [0.1, 0.15) is 26.5 Å². The first-order chi connectivity index (χ1) is 9.99. The third kappa shape index (κ3) is 7.06. The largest absolute Gasteiger partial charge is 0.359 e. The fraction of sp³-hybridized carbons (Fsp3) is 0.533. The molecule has 1 heterocycles. The molecule has 124 valence electrons. The Balaban J connectivity index is 0.00000441. The van der Waals surface area contributed by atoms with E-state index >= 15 is 0 Å². The van der Waals surface area contributed by atoms with Gasteiger partial charge in [0, 0.05) is 26.3 Å². The van der Waals surface area contributed by atoms with Crippen LogP contribution in [0, 0.1) is 5.41 Å². The average molecular weight is 419 g/mol. The lowest BCUT2D eigenvalue weighted by Crippen LogP contribution is -2.47. The van der Waals surface area contributed by atoms with Gasteiger partial charge in [0.1, 0.15) is 0 Å². The number of nitrogens with zero attached hydrogens (tertiary/aromatic N) is 2. The third-order valence-corrected chi connectivity index (χ3v) is 3.01. The fourth-order valence-electron chi connectivity index (χ4n) is 1.72. The molecule has 0 radical (unpaired) electrons. The minimum absolute atomic E-state index is 0. The number of guanidine groups is 1. The van der Waals surface area contributed by atoms with Gasteiger partial charge in [-0.15, -0.1) is 24.0 Å². The zero-order valence-corrected chi connectivity index (χ0v) is 16.0. The summed E-state index contributed by atoms with van der Waals surface area (Å²) in [6, 6.07) is 5.75. The summed E-state index contributed by atoms with van der Waals surface area (Å²) in [6.07, 6.45) is 1.75. The maximum Gasteiger partial charge on any atom is 0.227 e. The highest BCUT2D eigenvalue weighted by molar-refractivity contribution is 14.0. The van der Waals surface area contributed by atoms with Gasteiger partial charge in [-0.2, -0.15) is 0 Å². The van der Waals surface area contributed by atoms with Gasteiger partial charge < -0.3 is 16.0 Å². The second-order valence-electron chi connectivity index (χ2n) is 5.33. The van der Waals surface area contributed by atoms with Crippen LogP contribution in [0.2, 0.25) is 0 Å². The van der Waals surface area contributed by atoms with Crippen LogP contribution in [0.4, 0.5) is 0 Å². The van der Waals surface area contributed by atoms with E-state index in [1.54, 1.807) is 13.2 Å². The highest BCUT2D eigenvalue weighted by Crippen LogP contribution is 2.12. The van der Waals surface area contributed by atoms with E-state index in [0.717, 1.165) is 12.2 Å². The third-order valence-electron chi connectivity index (χ3n) is 3.01. The standard InChI is InChI=1S/C15H25N5O.HI/c1-5-17-14(19-10-12-8-6-7-9-18-12)20-11-15(2,3)13(21)16-4;/h6-9H,5,10-11H2,1-4H3,(H,16,21)(H2,17,19,20);1H. The molecule has 7 heteroatoms. The molecule has 1 amide bonds. The molecular formula is C15H26IN5O. The van der Waals surface area contributed by atoms with E-state index in [0.29, 0.717) is 19.0 Å². The molecule has 0 aliphatic rings. The molecule has 0 saturated carbocycles. The van der Waals surface area contributed by atoms with Gasteiger partial charge in [-0.3, -0.25) is 9.78 Å². The summed E-state index contributed by atoms with van der Waals surface area (Å²) in [5.41, 5.74) is 0.399. The zero-order valence-electron chi connectivity index (χ0n) is 13.6. The predicted molar refractivity (Wildman–Crippen MR) is 100 cm³/mol. The van der Waals surface area contributed by atoms with Crippen molar-refractivity contribution in [1.82, 2.24) is 20.9 Å². The van der Waals surface area contributed by atoms with Crippen molar-refractivity contribution >= 4 is 35.8 Å². The number of hydrogen-bond acceptors (Lipinski definition) is 3. The SMILES string of the molecule is CCNC(=NCc1ccccn1)NCC(C)(C)C(=O)NC.I. The number of aromatic nitrogens is 1. The van der Waals surface area contributed by atoms with E-state index in [2.05, 4.69) is 25.9 Å². The number of hydrogen-bond donors (Lipinski definition) is 3. The van der Waals surface area contributed by atoms with Crippen LogP contribution in [0.5, 0.6) is 0 Å². The van der Waals surface area contributed by atoms with Crippen LogP contribution in [-0.2, 0) is 11.3 Å². The summed E-state index contributed by atoms with van der Waals surface area (Å²) in [5, 5.41) is 9.03. The quantitative estimate of drug-likeness (QED) is 0.371. The molecule has 0 fully saturated rings. The van der Waals surface area contributed by atoms with Gasteiger partial charge in [-0.25, -0.2) is 4.99 Å². The van der Waals surface area contributed by atoms with Gasteiger partial charge in [-0.1, -0.05) is 6.07 Å². The number of aliphatic imine (C=N–C) groups is 1. The van der Waals surface area contributed by atoms with Gasteiger partial charge in [0.25, 0.3) is 0 Å². The summed E-state index contributed by atoms with van der Waals surface area (Å²) in [7, 11) is 1.64. The highest BCUT2D eigenvalue weighted by Gasteiger charge is 2.26. The lowest BCUT2D eigenvalue weighted by atomic mass is 9.92. The maximum atomic E-state index is 11.8. The summed E-state index contributed by atoms with van der Waals surface area (Å²) in [4.78, 5) is 20.5. The van der Waals surface area contributed by atoms with Crippen molar-refractivity contribution in [3.8, 4) is 0 Å². The number of nitrogens with one attached hydrogen (secondary N) is 3.